The molecule has 0 unspecified atom stereocenters. The Labute approximate surface area is 117 Å². The van der Waals surface area contributed by atoms with Gasteiger partial charge in [0.2, 0.25) is 5.01 Å². The molecule has 18 heavy (non-hydrogen) atoms. The molecule has 0 atom stereocenters. The Morgan fingerprint density at radius 1 is 1.44 bits per heavy atom. The number of nitrogens with zero attached hydrogens (tertiary/aromatic N) is 1. The quantitative estimate of drug-likeness (QED) is 0.886. The molecule has 0 radical (unpaired) electrons. The van der Waals surface area contributed by atoms with Gasteiger partial charge >= 0.3 is 5.97 Å². The number of benzene rings is 1. The van der Waals surface area contributed by atoms with Crippen molar-refractivity contribution in [1.29, 1.82) is 0 Å². The van der Waals surface area contributed by atoms with E-state index in [1.54, 1.807) is 5.38 Å². The smallest absolute Gasteiger partial charge is 0.365 e. The lowest BCUT2D eigenvalue weighted by Crippen LogP contribution is -2.13. The van der Waals surface area contributed by atoms with Crippen molar-refractivity contribution in [3.05, 3.63) is 50.4 Å². The van der Waals surface area contributed by atoms with Crippen LogP contribution < -0.4 is 5.32 Å². The number of aromatic nitrogens is 1. The van der Waals surface area contributed by atoms with Crippen molar-refractivity contribution in [1.82, 2.24) is 10.3 Å². The van der Waals surface area contributed by atoms with Gasteiger partial charge in [0.05, 0.1) is 5.69 Å². The Morgan fingerprint density at radius 3 is 2.94 bits per heavy atom. The van der Waals surface area contributed by atoms with Crippen LogP contribution in [0, 0.1) is 0 Å². The van der Waals surface area contributed by atoms with E-state index in [1.165, 1.54) is 0 Å². The lowest BCUT2D eigenvalue weighted by Gasteiger charge is -2.03. The highest BCUT2D eigenvalue weighted by Gasteiger charge is 2.08. The lowest BCUT2D eigenvalue weighted by molar-refractivity contribution is 0.0696. The van der Waals surface area contributed by atoms with Gasteiger partial charge in [0, 0.05) is 22.9 Å². The van der Waals surface area contributed by atoms with Crippen LogP contribution in [0.5, 0.6) is 0 Å². The van der Waals surface area contributed by atoms with Crippen LogP contribution in [0.2, 0.25) is 0 Å². The van der Waals surface area contributed by atoms with E-state index in [-0.39, 0.29) is 5.01 Å². The average Bonchev–Trinajstić information content (AvgIpc) is 2.78. The number of carbonyl (C=O) groups is 1. The maximum absolute atomic E-state index is 10.7. The summed E-state index contributed by atoms with van der Waals surface area (Å²) in [4.78, 5) is 14.7. The summed E-state index contributed by atoms with van der Waals surface area (Å²) in [5.41, 5.74) is 1.92. The van der Waals surface area contributed by atoms with Gasteiger partial charge in [-0.05, 0) is 17.7 Å². The van der Waals surface area contributed by atoms with E-state index in [1.807, 2.05) is 24.3 Å². The standard InChI is InChI=1S/C12H11BrN2O2S/c13-9-3-1-2-8(4-9)5-14-6-10-7-18-11(15-10)12(16)17/h1-4,7,14H,5-6H2,(H,16,17). The fourth-order valence-corrected chi connectivity index (χ4v) is 2.57. The minimum Gasteiger partial charge on any atom is -0.476 e. The van der Waals surface area contributed by atoms with Crippen LogP contribution >= 0.6 is 27.3 Å². The summed E-state index contributed by atoms with van der Waals surface area (Å²) in [6.07, 6.45) is 0. The number of nitrogens with one attached hydrogen (secondary N) is 1. The fraction of sp³-hybridized carbons (Fsp3) is 0.167. The summed E-state index contributed by atoms with van der Waals surface area (Å²) in [5, 5.41) is 13.9. The summed E-state index contributed by atoms with van der Waals surface area (Å²) in [6.45, 7) is 1.29. The molecule has 0 saturated carbocycles. The molecule has 1 aromatic heterocycles. The maximum Gasteiger partial charge on any atom is 0.365 e. The Bertz CT molecular complexity index is 557. The average molecular weight is 327 g/mol. The Balaban J connectivity index is 1.86. The lowest BCUT2D eigenvalue weighted by atomic mass is 10.2. The van der Waals surface area contributed by atoms with Crippen LogP contribution in [-0.2, 0) is 13.1 Å². The third-order valence-electron chi connectivity index (χ3n) is 2.26. The van der Waals surface area contributed by atoms with Crippen molar-refractivity contribution in [3.8, 4) is 0 Å². The van der Waals surface area contributed by atoms with Crippen molar-refractivity contribution >= 4 is 33.2 Å². The van der Waals surface area contributed by atoms with E-state index in [0.717, 1.165) is 33.6 Å². The minimum atomic E-state index is -0.974. The van der Waals surface area contributed by atoms with Gasteiger partial charge in [0.1, 0.15) is 0 Å². The number of hydrogen-bond acceptors (Lipinski definition) is 4. The number of carboxylic acid groups (broad SMARTS) is 1. The van der Waals surface area contributed by atoms with E-state index >= 15 is 0 Å². The largest absolute Gasteiger partial charge is 0.476 e. The van der Waals surface area contributed by atoms with E-state index in [2.05, 4.69) is 26.2 Å². The van der Waals surface area contributed by atoms with Gasteiger partial charge in [-0.15, -0.1) is 11.3 Å². The van der Waals surface area contributed by atoms with Gasteiger partial charge in [-0.3, -0.25) is 0 Å². The first-order valence-electron chi connectivity index (χ1n) is 5.28. The summed E-state index contributed by atoms with van der Waals surface area (Å²) in [6, 6.07) is 8.02. The molecule has 2 N–H and O–H groups in total. The molecular weight excluding hydrogens is 316 g/mol. The Hall–Kier alpha value is -1.24. The van der Waals surface area contributed by atoms with Crippen LogP contribution in [-0.4, -0.2) is 16.1 Å². The summed E-state index contributed by atoms with van der Waals surface area (Å²) < 4.78 is 1.05. The van der Waals surface area contributed by atoms with Crippen LogP contribution in [0.15, 0.2) is 34.1 Å². The van der Waals surface area contributed by atoms with Crippen LogP contribution in [0.3, 0.4) is 0 Å². The van der Waals surface area contributed by atoms with Crippen molar-refractivity contribution in [2.75, 3.05) is 0 Å². The molecule has 2 aromatic rings. The molecule has 0 saturated heterocycles. The van der Waals surface area contributed by atoms with E-state index < -0.39 is 5.97 Å². The molecule has 0 amide bonds. The molecule has 0 aliphatic heterocycles. The highest BCUT2D eigenvalue weighted by atomic mass is 79.9. The van der Waals surface area contributed by atoms with E-state index in [0.29, 0.717) is 6.54 Å². The molecule has 0 spiro atoms. The van der Waals surface area contributed by atoms with E-state index in [4.69, 9.17) is 5.11 Å². The molecule has 0 aliphatic carbocycles. The Kier molecular flexibility index (Phi) is 4.46. The number of carboxylic acids is 1. The first-order valence-corrected chi connectivity index (χ1v) is 6.95. The second-order valence-electron chi connectivity index (χ2n) is 3.68. The molecule has 94 valence electrons. The number of aromatic carboxylic acids is 1. The van der Waals surface area contributed by atoms with Gasteiger partial charge in [0.15, 0.2) is 0 Å². The minimum absolute atomic E-state index is 0.134. The van der Waals surface area contributed by atoms with Gasteiger partial charge in [0.25, 0.3) is 0 Å². The predicted octanol–water partition coefficient (Wildman–Crippen LogP) is 2.89. The fourth-order valence-electron chi connectivity index (χ4n) is 1.47. The molecule has 0 fully saturated rings. The van der Waals surface area contributed by atoms with Gasteiger partial charge in [-0.2, -0.15) is 0 Å². The zero-order valence-electron chi connectivity index (χ0n) is 9.39. The highest BCUT2D eigenvalue weighted by Crippen LogP contribution is 2.12. The van der Waals surface area contributed by atoms with Crippen LogP contribution in [0.25, 0.3) is 0 Å². The van der Waals surface area contributed by atoms with Crippen LogP contribution in [0.1, 0.15) is 21.1 Å². The number of rotatable bonds is 5. The monoisotopic (exact) mass is 326 g/mol. The molecule has 2 rings (SSSR count). The first kappa shape index (κ1) is 13.2. The second-order valence-corrected chi connectivity index (χ2v) is 5.46. The topological polar surface area (TPSA) is 62.2 Å². The SMILES string of the molecule is O=C(O)c1nc(CNCc2cccc(Br)c2)cs1. The zero-order valence-corrected chi connectivity index (χ0v) is 11.8. The molecular formula is C12H11BrN2O2S. The van der Waals surface area contributed by atoms with E-state index in [9.17, 15) is 4.79 Å². The first-order chi connectivity index (χ1) is 8.65. The Morgan fingerprint density at radius 2 is 2.28 bits per heavy atom. The molecule has 1 heterocycles. The van der Waals surface area contributed by atoms with Crippen molar-refractivity contribution in [2.24, 2.45) is 0 Å². The molecule has 6 heteroatoms. The van der Waals surface area contributed by atoms with Gasteiger partial charge in [-0.1, -0.05) is 28.1 Å². The number of halogens is 1. The summed E-state index contributed by atoms with van der Waals surface area (Å²) in [7, 11) is 0. The van der Waals surface area contributed by atoms with Crippen LogP contribution in [0.4, 0.5) is 0 Å². The summed E-state index contributed by atoms with van der Waals surface area (Å²) >= 11 is 4.56. The molecule has 0 aliphatic rings. The molecule has 1 aromatic carbocycles. The third-order valence-corrected chi connectivity index (χ3v) is 3.63. The number of hydrogen-bond donors (Lipinski definition) is 2. The third kappa shape index (κ3) is 3.63. The van der Waals surface area contributed by atoms with Crippen molar-refractivity contribution in [2.45, 2.75) is 13.1 Å². The normalized spacial score (nSPS) is 10.5. The highest BCUT2D eigenvalue weighted by molar-refractivity contribution is 9.10. The van der Waals surface area contributed by atoms with Gasteiger partial charge < -0.3 is 10.4 Å². The van der Waals surface area contributed by atoms with Gasteiger partial charge in [-0.25, -0.2) is 9.78 Å². The molecule has 4 nitrogen and oxygen atoms in total. The van der Waals surface area contributed by atoms with Crippen molar-refractivity contribution < 1.29 is 9.90 Å². The maximum atomic E-state index is 10.7. The second kappa shape index (κ2) is 6.08. The zero-order chi connectivity index (χ0) is 13.0. The predicted molar refractivity (Wildman–Crippen MR) is 73.8 cm³/mol. The summed E-state index contributed by atoms with van der Waals surface area (Å²) in [5.74, 6) is -0.974. The molecule has 0 bridgehead atoms. The number of thiazole rings is 1. The van der Waals surface area contributed by atoms with Crippen molar-refractivity contribution in [3.63, 3.8) is 0 Å².